The van der Waals surface area contributed by atoms with Gasteiger partial charge in [0.25, 0.3) is 0 Å². The lowest BCUT2D eigenvalue weighted by molar-refractivity contribution is -0.143. The Morgan fingerprint density at radius 2 is 1.52 bits per heavy atom. The van der Waals surface area contributed by atoms with Gasteiger partial charge < -0.3 is 4.74 Å². The van der Waals surface area contributed by atoms with Crippen molar-refractivity contribution in [3.8, 4) is 11.1 Å². The smallest absolute Gasteiger partial charge is 0.305 e. The Morgan fingerprint density at radius 3 is 2.05 bits per heavy atom. The van der Waals surface area contributed by atoms with E-state index in [0.717, 1.165) is 6.42 Å². The third-order valence-corrected chi connectivity index (χ3v) is 4.47. The van der Waals surface area contributed by atoms with Crippen LogP contribution in [0.3, 0.4) is 0 Å². The zero-order chi connectivity index (χ0) is 14.9. The highest BCUT2D eigenvalue weighted by molar-refractivity contribution is 5.81. The SMILES string of the molecule is CCOC(=O)CCC1(C)c2ccccc2-c2ccccc21. The van der Waals surface area contributed by atoms with Gasteiger partial charge in [0, 0.05) is 11.8 Å². The van der Waals surface area contributed by atoms with Crippen LogP contribution >= 0.6 is 0 Å². The van der Waals surface area contributed by atoms with Gasteiger partial charge in [0.2, 0.25) is 0 Å². The fourth-order valence-electron chi connectivity index (χ4n) is 3.40. The molecule has 0 atom stereocenters. The highest BCUT2D eigenvalue weighted by atomic mass is 16.5. The topological polar surface area (TPSA) is 26.3 Å². The Labute approximate surface area is 125 Å². The first kappa shape index (κ1) is 13.9. The average molecular weight is 280 g/mol. The summed E-state index contributed by atoms with van der Waals surface area (Å²) in [6, 6.07) is 17.0. The largest absolute Gasteiger partial charge is 0.466 e. The molecule has 0 unspecified atom stereocenters. The van der Waals surface area contributed by atoms with Gasteiger partial charge in [0.1, 0.15) is 0 Å². The molecular weight excluding hydrogens is 260 g/mol. The van der Waals surface area contributed by atoms with Gasteiger partial charge in [-0.05, 0) is 35.6 Å². The van der Waals surface area contributed by atoms with E-state index >= 15 is 0 Å². The van der Waals surface area contributed by atoms with E-state index in [2.05, 4.69) is 55.5 Å². The van der Waals surface area contributed by atoms with E-state index in [1.54, 1.807) is 0 Å². The molecule has 21 heavy (non-hydrogen) atoms. The van der Waals surface area contributed by atoms with Crippen LogP contribution in [0.15, 0.2) is 48.5 Å². The minimum absolute atomic E-state index is 0.111. The van der Waals surface area contributed by atoms with Crippen molar-refractivity contribution in [3.05, 3.63) is 59.7 Å². The first-order chi connectivity index (χ1) is 10.2. The van der Waals surface area contributed by atoms with Crippen LogP contribution in [-0.4, -0.2) is 12.6 Å². The first-order valence-electron chi connectivity index (χ1n) is 7.52. The third-order valence-electron chi connectivity index (χ3n) is 4.47. The highest BCUT2D eigenvalue weighted by Crippen LogP contribution is 2.50. The Kier molecular flexibility index (Phi) is 3.54. The quantitative estimate of drug-likeness (QED) is 0.780. The molecule has 0 heterocycles. The number of carbonyl (C=O) groups excluding carboxylic acids is 1. The predicted octanol–water partition coefficient (Wildman–Crippen LogP) is 4.32. The lowest BCUT2D eigenvalue weighted by Crippen LogP contribution is -2.22. The second-order valence-electron chi connectivity index (χ2n) is 5.73. The van der Waals surface area contributed by atoms with Crippen molar-refractivity contribution < 1.29 is 9.53 Å². The molecule has 0 spiro atoms. The fourth-order valence-corrected chi connectivity index (χ4v) is 3.40. The van der Waals surface area contributed by atoms with Crippen molar-refractivity contribution in [2.45, 2.75) is 32.1 Å². The number of hydrogen-bond acceptors (Lipinski definition) is 2. The Morgan fingerprint density at radius 1 is 1.00 bits per heavy atom. The van der Waals surface area contributed by atoms with Crippen molar-refractivity contribution in [1.82, 2.24) is 0 Å². The van der Waals surface area contributed by atoms with Gasteiger partial charge in [-0.1, -0.05) is 55.5 Å². The number of ether oxygens (including phenoxy) is 1. The van der Waals surface area contributed by atoms with Crippen LogP contribution < -0.4 is 0 Å². The van der Waals surface area contributed by atoms with E-state index in [-0.39, 0.29) is 11.4 Å². The molecule has 0 bridgehead atoms. The van der Waals surface area contributed by atoms with Crippen LogP contribution in [0, 0.1) is 0 Å². The Bertz CT molecular complexity index is 627. The summed E-state index contributed by atoms with van der Waals surface area (Å²) in [5.74, 6) is -0.111. The number of carbonyl (C=O) groups is 1. The van der Waals surface area contributed by atoms with E-state index < -0.39 is 0 Å². The van der Waals surface area contributed by atoms with Crippen LogP contribution in [0.2, 0.25) is 0 Å². The van der Waals surface area contributed by atoms with Gasteiger partial charge in [-0.15, -0.1) is 0 Å². The summed E-state index contributed by atoms with van der Waals surface area (Å²) in [5, 5.41) is 0. The lowest BCUT2D eigenvalue weighted by atomic mass is 9.76. The number of hydrogen-bond donors (Lipinski definition) is 0. The molecule has 3 rings (SSSR count). The predicted molar refractivity (Wildman–Crippen MR) is 84.2 cm³/mol. The molecule has 0 N–H and O–H groups in total. The molecule has 1 aliphatic carbocycles. The van der Waals surface area contributed by atoms with Crippen molar-refractivity contribution in [2.75, 3.05) is 6.61 Å². The van der Waals surface area contributed by atoms with E-state index in [0.29, 0.717) is 13.0 Å². The van der Waals surface area contributed by atoms with E-state index in [1.165, 1.54) is 22.3 Å². The standard InChI is InChI=1S/C19H20O2/c1-3-21-18(20)12-13-19(2)16-10-6-4-8-14(16)15-9-5-7-11-17(15)19/h4-11H,3,12-13H2,1-2H3. The molecule has 108 valence electrons. The normalized spacial score (nSPS) is 14.4. The molecule has 2 nitrogen and oxygen atoms in total. The van der Waals surface area contributed by atoms with Crippen LogP contribution in [0.5, 0.6) is 0 Å². The van der Waals surface area contributed by atoms with Crippen molar-refractivity contribution in [1.29, 1.82) is 0 Å². The molecule has 2 aromatic rings. The lowest BCUT2D eigenvalue weighted by Gasteiger charge is -2.27. The number of benzene rings is 2. The van der Waals surface area contributed by atoms with Crippen LogP contribution in [0.25, 0.3) is 11.1 Å². The minimum Gasteiger partial charge on any atom is -0.466 e. The van der Waals surface area contributed by atoms with Crippen LogP contribution in [-0.2, 0) is 14.9 Å². The van der Waals surface area contributed by atoms with Gasteiger partial charge in [-0.2, -0.15) is 0 Å². The zero-order valence-corrected chi connectivity index (χ0v) is 12.6. The van der Waals surface area contributed by atoms with Gasteiger partial charge >= 0.3 is 5.97 Å². The fraction of sp³-hybridized carbons (Fsp3) is 0.316. The van der Waals surface area contributed by atoms with E-state index in [4.69, 9.17) is 4.74 Å². The molecule has 0 radical (unpaired) electrons. The molecule has 0 saturated heterocycles. The molecule has 0 amide bonds. The maximum atomic E-state index is 11.7. The first-order valence-corrected chi connectivity index (χ1v) is 7.52. The molecule has 0 fully saturated rings. The summed E-state index contributed by atoms with van der Waals surface area (Å²) in [4.78, 5) is 11.7. The molecular formula is C19H20O2. The summed E-state index contributed by atoms with van der Waals surface area (Å²) in [6.07, 6.45) is 1.23. The molecule has 1 aliphatic rings. The second-order valence-corrected chi connectivity index (χ2v) is 5.73. The molecule has 2 heteroatoms. The van der Waals surface area contributed by atoms with Gasteiger partial charge in [0.15, 0.2) is 0 Å². The number of fused-ring (bicyclic) bond motifs is 3. The Balaban J connectivity index is 1.99. The zero-order valence-electron chi connectivity index (χ0n) is 12.6. The maximum absolute atomic E-state index is 11.7. The number of rotatable bonds is 4. The Hall–Kier alpha value is -2.09. The maximum Gasteiger partial charge on any atom is 0.305 e. The van der Waals surface area contributed by atoms with Gasteiger partial charge in [-0.25, -0.2) is 0 Å². The van der Waals surface area contributed by atoms with Crippen molar-refractivity contribution in [3.63, 3.8) is 0 Å². The highest BCUT2D eigenvalue weighted by Gasteiger charge is 2.38. The molecule has 0 aliphatic heterocycles. The van der Waals surface area contributed by atoms with Crippen LogP contribution in [0.4, 0.5) is 0 Å². The summed E-state index contributed by atoms with van der Waals surface area (Å²) in [6.45, 7) is 4.53. The summed E-state index contributed by atoms with van der Waals surface area (Å²) in [5.41, 5.74) is 5.10. The second kappa shape index (κ2) is 5.36. The third kappa shape index (κ3) is 2.25. The van der Waals surface area contributed by atoms with Crippen LogP contribution in [0.1, 0.15) is 37.8 Å². The average Bonchev–Trinajstić information content (AvgIpc) is 2.77. The van der Waals surface area contributed by atoms with Gasteiger partial charge in [0.05, 0.1) is 6.61 Å². The molecule has 0 saturated carbocycles. The van der Waals surface area contributed by atoms with E-state index in [1.807, 2.05) is 6.92 Å². The summed E-state index contributed by atoms with van der Waals surface area (Å²) in [7, 11) is 0. The summed E-state index contributed by atoms with van der Waals surface area (Å²) >= 11 is 0. The van der Waals surface area contributed by atoms with Gasteiger partial charge in [-0.3, -0.25) is 4.79 Å². The number of esters is 1. The summed E-state index contributed by atoms with van der Waals surface area (Å²) < 4.78 is 5.08. The van der Waals surface area contributed by atoms with Crippen molar-refractivity contribution >= 4 is 5.97 Å². The molecule has 2 aromatic carbocycles. The molecule has 0 aromatic heterocycles. The van der Waals surface area contributed by atoms with Crippen molar-refractivity contribution in [2.24, 2.45) is 0 Å². The van der Waals surface area contributed by atoms with E-state index in [9.17, 15) is 4.79 Å². The monoisotopic (exact) mass is 280 g/mol. The minimum atomic E-state index is -0.111.